The highest BCUT2D eigenvalue weighted by molar-refractivity contribution is 5.72. The van der Waals surface area contributed by atoms with Gasteiger partial charge in [-0.3, -0.25) is 4.57 Å². The van der Waals surface area contributed by atoms with E-state index in [0.717, 1.165) is 18.4 Å². The van der Waals surface area contributed by atoms with Crippen LogP contribution >= 0.6 is 0 Å². The Bertz CT molecular complexity index is 820. The Hall–Kier alpha value is -2.69. The number of hydrogen-bond acceptors (Lipinski definition) is 4. The molecular formula is C17H18N2O3. The van der Waals surface area contributed by atoms with Crippen molar-refractivity contribution >= 4 is 16.8 Å². The summed E-state index contributed by atoms with van der Waals surface area (Å²) in [5.41, 5.74) is 7.91. The maximum absolute atomic E-state index is 11.8. The smallest absolute Gasteiger partial charge is 0.419 e. The first-order valence-electron chi connectivity index (χ1n) is 7.31. The number of aryl methyl sites for hydroxylation is 1. The van der Waals surface area contributed by atoms with E-state index in [1.54, 1.807) is 10.6 Å². The van der Waals surface area contributed by atoms with Crippen LogP contribution in [-0.4, -0.2) is 11.2 Å². The lowest BCUT2D eigenvalue weighted by atomic mass is 10.3. The lowest BCUT2D eigenvalue weighted by Gasteiger charge is -2.08. The van der Waals surface area contributed by atoms with E-state index in [9.17, 15) is 4.79 Å². The Balaban J connectivity index is 1.54. The highest BCUT2D eigenvalue weighted by atomic mass is 16.5. The molecule has 5 heteroatoms. The fraction of sp³-hybridized carbons (Fsp3) is 0.235. The van der Waals surface area contributed by atoms with Gasteiger partial charge < -0.3 is 14.9 Å². The average molecular weight is 298 g/mol. The Labute approximate surface area is 127 Å². The van der Waals surface area contributed by atoms with Crippen molar-refractivity contribution in [1.82, 2.24) is 4.57 Å². The van der Waals surface area contributed by atoms with Crippen molar-refractivity contribution in [3.8, 4) is 5.75 Å². The second kappa shape index (κ2) is 6.39. The molecule has 0 unspecified atom stereocenters. The lowest BCUT2D eigenvalue weighted by Crippen LogP contribution is -2.14. The molecule has 1 aromatic heterocycles. The van der Waals surface area contributed by atoms with Gasteiger partial charge in [-0.1, -0.05) is 24.3 Å². The number of rotatable bonds is 6. The summed E-state index contributed by atoms with van der Waals surface area (Å²) in [6, 6.07) is 14.9. The van der Waals surface area contributed by atoms with Gasteiger partial charge in [-0.15, -0.1) is 0 Å². The van der Waals surface area contributed by atoms with E-state index in [0.29, 0.717) is 30.2 Å². The van der Waals surface area contributed by atoms with E-state index in [-0.39, 0.29) is 5.76 Å². The van der Waals surface area contributed by atoms with Gasteiger partial charge >= 0.3 is 5.76 Å². The lowest BCUT2D eigenvalue weighted by molar-refractivity contribution is 0.304. The van der Waals surface area contributed by atoms with Crippen LogP contribution in [0.2, 0.25) is 0 Å². The number of oxazole rings is 1. The summed E-state index contributed by atoms with van der Waals surface area (Å²) in [5.74, 6) is 0.392. The Morgan fingerprint density at radius 1 is 1.05 bits per heavy atom. The van der Waals surface area contributed by atoms with Crippen LogP contribution in [0, 0.1) is 0 Å². The summed E-state index contributed by atoms with van der Waals surface area (Å²) in [5, 5.41) is 0. The SMILES string of the molecule is Nc1ccccc1OCCCCn1c(=O)oc2ccccc21. The quantitative estimate of drug-likeness (QED) is 0.561. The number of para-hydroxylation sites is 4. The molecule has 0 fully saturated rings. The van der Waals surface area contributed by atoms with Crippen LogP contribution in [0.1, 0.15) is 12.8 Å². The van der Waals surface area contributed by atoms with E-state index >= 15 is 0 Å². The third-order valence-corrected chi connectivity index (χ3v) is 3.53. The molecular weight excluding hydrogens is 280 g/mol. The fourth-order valence-corrected chi connectivity index (χ4v) is 2.39. The van der Waals surface area contributed by atoms with Crippen LogP contribution in [0.3, 0.4) is 0 Å². The first kappa shape index (κ1) is 14.3. The van der Waals surface area contributed by atoms with Crippen molar-refractivity contribution in [3.05, 3.63) is 59.1 Å². The molecule has 3 aromatic rings. The molecule has 0 aliphatic heterocycles. The van der Waals surface area contributed by atoms with Gasteiger partial charge in [-0.25, -0.2) is 4.79 Å². The van der Waals surface area contributed by atoms with Crippen LogP contribution in [0.5, 0.6) is 5.75 Å². The van der Waals surface area contributed by atoms with Crippen molar-refractivity contribution in [2.75, 3.05) is 12.3 Å². The number of unbranched alkanes of at least 4 members (excludes halogenated alkanes) is 1. The van der Waals surface area contributed by atoms with E-state index < -0.39 is 0 Å². The van der Waals surface area contributed by atoms with Crippen LogP contribution in [-0.2, 0) is 6.54 Å². The molecule has 0 saturated carbocycles. The number of ether oxygens (including phenoxy) is 1. The standard InChI is InChI=1S/C17H18N2O3/c18-13-7-1-3-9-15(13)21-12-6-5-11-19-14-8-2-4-10-16(14)22-17(19)20/h1-4,7-10H,5-6,11-12,18H2. The maximum atomic E-state index is 11.8. The van der Waals surface area contributed by atoms with Gasteiger partial charge in [0.1, 0.15) is 5.75 Å². The van der Waals surface area contributed by atoms with Crippen molar-refractivity contribution in [2.45, 2.75) is 19.4 Å². The van der Waals surface area contributed by atoms with E-state index in [4.69, 9.17) is 14.9 Å². The first-order chi connectivity index (χ1) is 10.8. The van der Waals surface area contributed by atoms with Crippen molar-refractivity contribution in [2.24, 2.45) is 0 Å². The normalized spacial score (nSPS) is 10.9. The van der Waals surface area contributed by atoms with Gasteiger partial charge in [-0.2, -0.15) is 0 Å². The number of aromatic nitrogens is 1. The number of hydrogen-bond donors (Lipinski definition) is 1. The van der Waals surface area contributed by atoms with E-state index in [1.165, 1.54) is 0 Å². The first-order valence-corrected chi connectivity index (χ1v) is 7.31. The minimum atomic E-state index is -0.311. The summed E-state index contributed by atoms with van der Waals surface area (Å²) in [6.45, 7) is 1.18. The highest BCUT2D eigenvalue weighted by Gasteiger charge is 2.07. The molecule has 114 valence electrons. The molecule has 22 heavy (non-hydrogen) atoms. The number of nitrogen functional groups attached to an aromatic ring is 1. The summed E-state index contributed by atoms with van der Waals surface area (Å²) in [7, 11) is 0. The number of anilines is 1. The van der Waals surface area contributed by atoms with Crippen LogP contribution in [0.15, 0.2) is 57.7 Å². The zero-order chi connectivity index (χ0) is 15.4. The summed E-state index contributed by atoms with van der Waals surface area (Å²) >= 11 is 0. The molecule has 3 rings (SSSR count). The molecule has 0 amide bonds. The minimum Gasteiger partial charge on any atom is -0.491 e. The third-order valence-electron chi connectivity index (χ3n) is 3.53. The Kier molecular flexibility index (Phi) is 4.14. The van der Waals surface area contributed by atoms with Gasteiger partial charge in [0.15, 0.2) is 5.58 Å². The number of nitrogens with zero attached hydrogens (tertiary/aromatic N) is 1. The molecule has 0 saturated heterocycles. The highest BCUT2D eigenvalue weighted by Crippen LogP contribution is 2.20. The minimum absolute atomic E-state index is 0.311. The number of benzene rings is 2. The molecule has 0 bridgehead atoms. The summed E-state index contributed by atoms with van der Waals surface area (Å²) < 4.78 is 12.5. The zero-order valence-electron chi connectivity index (χ0n) is 12.2. The monoisotopic (exact) mass is 298 g/mol. The van der Waals surface area contributed by atoms with Crippen molar-refractivity contribution in [1.29, 1.82) is 0 Å². The van der Waals surface area contributed by atoms with Crippen LogP contribution in [0.4, 0.5) is 5.69 Å². The van der Waals surface area contributed by atoms with Crippen molar-refractivity contribution in [3.63, 3.8) is 0 Å². The predicted octanol–water partition coefficient (Wildman–Crippen LogP) is 3.04. The molecule has 2 aromatic carbocycles. The number of nitrogens with two attached hydrogens (primary N) is 1. The largest absolute Gasteiger partial charge is 0.491 e. The second-order valence-electron chi connectivity index (χ2n) is 5.08. The third kappa shape index (κ3) is 2.98. The molecule has 2 N–H and O–H groups in total. The second-order valence-corrected chi connectivity index (χ2v) is 5.08. The van der Waals surface area contributed by atoms with Crippen LogP contribution in [0.25, 0.3) is 11.1 Å². The molecule has 0 aliphatic carbocycles. The maximum Gasteiger partial charge on any atom is 0.419 e. The molecule has 5 nitrogen and oxygen atoms in total. The topological polar surface area (TPSA) is 70.4 Å². The Morgan fingerprint density at radius 3 is 2.68 bits per heavy atom. The van der Waals surface area contributed by atoms with E-state index in [2.05, 4.69) is 0 Å². The zero-order valence-corrected chi connectivity index (χ0v) is 12.2. The fourth-order valence-electron chi connectivity index (χ4n) is 2.39. The van der Waals surface area contributed by atoms with Gasteiger partial charge in [0, 0.05) is 6.54 Å². The average Bonchev–Trinajstić information content (AvgIpc) is 2.84. The number of fused-ring (bicyclic) bond motifs is 1. The van der Waals surface area contributed by atoms with Crippen molar-refractivity contribution < 1.29 is 9.15 Å². The summed E-state index contributed by atoms with van der Waals surface area (Å²) in [6.07, 6.45) is 1.66. The van der Waals surface area contributed by atoms with Gasteiger partial charge in [-0.05, 0) is 37.1 Å². The molecule has 0 spiro atoms. The van der Waals surface area contributed by atoms with E-state index in [1.807, 2.05) is 42.5 Å². The van der Waals surface area contributed by atoms with Gasteiger partial charge in [0.05, 0.1) is 17.8 Å². The van der Waals surface area contributed by atoms with Gasteiger partial charge in [0.2, 0.25) is 0 Å². The van der Waals surface area contributed by atoms with Crippen LogP contribution < -0.4 is 16.2 Å². The summed E-state index contributed by atoms with van der Waals surface area (Å²) in [4.78, 5) is 11.8. The molecule has 0 atom stereocenters. The molecule has 0 radical (unpaired) electrons. The Morgan fingerprint density at radius 2 is 1.82 bits per heavy atom. The molecule has 1 heterocycles. The van der Waals surface area contributed by atoms with Gasteiger partial charge in [0.25, 0.3) is 0 Å². The predicted molar refractivity (Wildman–Crippen MR) is 86.1 cm³/mol. The molecule has 0 aliphatic rings.